The zero-order valence-electron chi connectivity index (χ0n) is 11.6. The molecule has 3 N–H and O–H groups in total. The van der Waals surface area contributed by atoms with Crippen molar-refractivity contribution in [1.82, 2.24) is 5.32 Å². The van der Waals surface area contributed by atoms with Gasteiger partial charge >= 0.3 is 0 Å². The normalized spacial score (nSPS) is 43.6. The third-order valence-corrected chi connectivity index (χ3v) is 4.84. The summed E-state index contributed by atoms with van der Waals surface area (Å²) in [6.45, 7) is 5.69. The Morgan fingerprint density at radius 2 is 1.65 bits per heavy atom. The van der Waals surface area contributed by atoms with E-state index in [1.165, 1.54) is 44.9 Å². The molecule has 0 aromatic carbocycles. The van der Waals surface area contributed by atoms with Gasteiger partial charge in [-0.2, -0.15) is 0 Å². The Morgan fingerprint density at radius 3 is 2.29 bits per heavy atom. The van der Waals surface area contributed by atoms with Crippen LogP contribution in [0.5, 0.6) is 0 Å². The minimum atomic E-state index is 0.705. The van der Waals surface area contributed by atoms with Crippen molar-refractivity contribution in [2.24, 2.45) is 23.5 Å². The van der Waals surface area contributed by atoms with E-state index < -0.39 is 0 Å². The SMILES string of the molecule is CC1CC(C)CC(NC2CCCCC2CN)C1. The number of nitrogens with two attached hydrogens (primary N) is 1. The molecule has 4 unspecified atom stereocenters. The van der Waals surface area contributed by atoms with E-state index in [1.807, 2.05) is 0 Å². The summed E-state index contributed by atoms with van der Waals surface area (Å²) in [6.07, 6.45) is 9.63. The van der Waals surface area contributed by atoms with Crippen LogP contribution in [0.4, 0.5) is 0 Å². The van der Waals surface area contributed by atoms with Gasteiger partial charge in [-0.3, -0.25) is 0 Å². The fourth-order valence-electron chi connectivity index (χ4n) is 4.09. The van der Waals surface area contributed by atoms with E-state index >= 15 is 0 Å². The van der Waals surface area contributed by atoms with E-state index in [1.54, 1.807) is 0 Å². The van der Waals surface area contributed by atoms with E-state index in [-0.39, 0.29) is 0 Å². The molecule has 0 aliphatic heterocycles. The highest BCUT2D eigenvalue weighted by atomic mass is 15.0. The second kappa shape index (κ2) is 6.19. The number of hydrogen-bond acceptors (Lipinski definition) is 2. The molecule has 0 saturated heterocycles. The monoisotopic (exact) mass is 238 g/mol. The van der Waals surface area contributed by atoms with E-state index in [2.05, 4.69) is 19.2 Å². The number of nitrogens with one attached hydrogen (secondary N) is 1. The smallest absolute Gasteiger partial charge is 0.0110 e. The maximum Gasteiger partial charge on any atom is 0.0110 e. The quantitative estimate of drug-likeness (QED) is 0.793. The molecule has 17 heavy (non-hydrogen) atoms. The van der Waals surface area contributed by atoms with Crippen LogP contribution in [-0.2, 0) is 0 Å². The Hall–Kier alpha value is -0.0800. The second-order valence-electron chi connectivity index (χ2n) is 6.67. The van der Waals surface area contributed by atoms with Gasteiger partial charge < -0.3 is 11.1 Å². The van der Waals surface area contributed by atoms with Crippen LogP contribution < -0.4 is 11.1 Å². The van der Waals surface area contributed by atoms with Crippen molar-refractivity contribution in [2.45, 2.75) is 70.9 Å². The van der Waals surface area contributed by atoms with Crippen molar-refractivity contribution in [3.05, 3.63) is 0 Å². The molecule has 0 aromatic heterocycles. The predicted molar refractivity (Wildman–Crippen MR) is 73.9 cm³/mol. The van der Waals surface area contributed by atoms with E-state index in [9.17, 15) is 0 Å². The molecule has 0 heterocycles. The Bertz CT molecular complexity index is 219. The molecule has 100 valence electrons. The summed E-state index contributed by atoms with van der Waals surface area (Å²) in [5.74, 6) is 2.53. The molecule has 2 rings (SSSR count). The summed E-state index contributed by atoms with van der Waals surface area (Å²) in [5.41, 5.74) is 5.91. The molecular weight excluding hydrogens is 208 g/mol. The highest BCUT2D eigenvalue weighted by molar-refractivity contribution is 4.87. The van der Waals surface area contributed by atoms with Crippen LogP contribution in [-0.4, -0.2) is 18.6 Å². The van der Waals surface area contributed by atoms with Gasteiger partial charge in [-0.25, -0.2) is 0 Å². The third kappa shape index (κ3) is 3.69. The fraction of sp³-hybridized carbons (Fsp3) is 1.00. The Balaban J connectivity index is 1.85. The highest BCUT2D eigenvalue weighted by Gasteiger charge is 2.29. The van der Waals surface area contributed by atoms with E-state index in [4.69, 9.17) is 5.73 Å². The van der Waals surface area contributed by atoms with Crippen LogP contribution in [0, 0.1) is 17.8 Å². The summed E-state index contributed by atoms with van der Waals surface area (Å²) in [4.78, 5) is 0. The van der Waals surface area contributed by atoms with Gasteiger partial charge in [-0.15, -0.1) is 0 Å². The second-order valence-corrected chi connectivity index (χ2v) is 6.67. The Kier molecular flexibility index (Phi) is 4.87. The van der Waals surface area contributed by atoms with Gasteiger partial charge in [-0.05, 0) is 56.4 Å². The molecule has 0 radical (unpaired) electrons. The van der Waals surface area contributed by atoms with Crippen molar-refractivity contribution in [3.8, 4) is 0 Å². The fourth-order valence-corrected chi connectivity index (χ4v) is 4.09. The maximum atomic E-state index is 5.91. The lowest BCUT2D eigenvalue weighted by Crippen LogP contribution is -2.48. The van der Waals surface area contributed by atoms with Crippen LogP contribution >= 0.6 is 0 Å². The van der Waals surface area contributed by atoms with Crippen molar-refractivity contribution in [3.63, 3.8) is 0 Å². The average Bonchev–Trinajstić information content (AvgIpc) is 2.28. The molecular formula is C15H30N2. The van der Waals surface area contributed by atoms with Gasteiger partial charge in [0.2, 0.25) is 0 Å². The van der Waals surface area contributed by atoms with Crippen LogP contribution in [0.1, 0.15) is 58.8 Å². The van der Waals surface area contributed by atoms with Gasteiger partial charge in [0, 0.05) is 12.1 Å². The molecule has 4 atom stereocenters. The van der Waals surface area contributed by atoms with Crippen LogP contribution in [0.2, 0.25) is 0 Å². The topological polar surface area (TPSA) is 38.0 Å². The van der Waals surface area contributed by atoms with Gasteiger partial charge in [-0.1, -0.05) is 26.7 Å². The average molecular weight is 238 g/mol. The Labute approximate surface area is 107 Å². The molecule has 2 saturated carbocycles. The largest absolute Gasteiger partial charge is 0.330 e. The molecule has 0 aromatic rings. The van der Waals surface area contributed by atoms with Crippen molar-refractivity contribution in [1.29, 1.82) is 0 Å². The van der Waals surface area contributed by atoms with Crippen LogP contribution in [0.15, 0.2) is 0 Å². The molecule has 2 aliphatic rings. The van der Waals surface area contributed by atoms with Gasteiger partial charge in [0.25, 0.3) is 0 Å². The Morgan fingerprint density at radius 1 is 1.00 bits per heavy atom. The minimum absolute atomic E-state index is 0.705. The molecule has 0 spiro atoms. The molecule has 2 heteroatoms. The molecule has 0 bridgehead atoms. The summed E-state index contributed by atoms with van der Waals surface area (Å²) in [7, 11) is 0. The highest BCUT2D eigenvalue weighted by Crippen LogP contribution is 2.31. The van der Waals surface area contributed by atoms with Crippen molar-refractivity contribution < 1.29 is 0 Å². The first kappa shape index (κ1) is 13.4. The zero-order chi connectivity index (χ0) is 12.3. The van der Waals surface area contributed by atoms with E-state index in [0.29, 0.717) is 6.04 Å². The van der Waals surface area contributed by atoms with Crippen molar-refractivity contribution >= 4 is 0 Å². The molecule has 2 fully saturated rings. The first-order chi connectivity index (χ1) is 8.19. The standard InChI is InChI=1S/C15H30N2/c1-11-7-12(2)9-14(8-11)17-15-6-4-3-5-13(15)10-16/h11-15,17H,3-10,16H2,1-2H3. The zero-order valence-corrected chi connectivity index (χ0v) is 11.6. The lowest BCUT2D eigenvalue weighted by atomic mass is 9.78. The summed E-state index contributed by atoms with van der Waals surface area (Å²) in [6, 6.07) is 1.46. The predicted octanol–water partition coefficient (Wildman–Crippen LogP) is 2.92. The maximum absolute atomic E-state index is 5.91. The van der Waals surface area contributed by atoms with Gasteiger partial charge in [0.1, 0.15) is 0 Å². The molecule has 2 aliphatic carbocycles. The lowest BCUT2D eigenvalue weighted by Gasteiger charge is -2.39. The molecule has 2 nitrogen and oxygen atoms in total. The first-order valence-corrected chi connectivity index (χ1v) is 7.65. The van der Waals surface area contributed by atoms with Gasteiger partial charge in [0.05, 0.1) is 0 Å². The summed E-state index contributed by atoms with van der Waals surface area (Å²) >= 11 is 0. The number of rotatable bonds is 3. The summed E-state index contributed by atoms with van der Waals surface area (Å²) < 4.78 is 0. The summed E-state index contributed by atoms with van der Waals surface area (Å²) in [5, 5.41) is 3.94. The van der Waals surface area contributed by atoms with Crippen molar-refractivity contribution in [2.75, 3.05) is 6.54 Å². The molecule has 0 amide bonds. The lowest BCUT2D eigenvalue weighted by molar-refractivity contribution is 0.184. The minimum Gasteiger partial charge on any atom is -0.330 e. The third-order valence-electron chi connectivity index (χ3n) is 4.84. The van der Waals surface area contributed by atoms with Crippen LogP contribution in [0.3, 0.4) is 0 Å². The van der Waals surface area contributed by atoms with E-state index in [0.717, 1.165) is 30.3 Å². The van der Waals surface area contributed by atoms with Gasteiger partial charge in [0.15, 0.2) is 0 Å². The number of hydrogen-bond donors (Lipinski definition) is 2. The first-order valence-electron chi connectivity index (χ1n) is 7.65. The van der Waals surface area contributed by atoms with Crippen LogP contribution in [0.25, 0.3) is 0 Å².